The molecule has 0 bridgehead atoms. The quantitative estimate of drug-likeness (QED) is 0.866. The van der Waals surface area contributed by atoms with E-state index in [1.54, 1.807) is 6.92 Å². The summed E-state index contributed by atoms with van der Waals surface area (Å²) in [5, 5.41) is 3.00. The van der Waals surface area contributed by atoms with Gasteiger partial charge >= 0.3 is 5.97 Å². The van der Waals surface area contributed by atoms with Gasteiger partial charge in [-0.3, -0.25) is 4.79 Å². The second kappa shape index (κ2) is 6.82. The highest BCUT2D eigenvalue weighted by molar-refractivity contribution is 7.14. The molecule has 0 saturated heterocycles. The van der Waals surface area contributed by atoms with Gasteiger partial charge < -0.3 is 10.1 Å². The number of nitrogens with one attached hydrogen (secondary N) is 1. The Labute approximate surface area is 135 Å². The van der Waals surface area contributed by atoms with Gasteiger partial charge in [0.2, 0.25) is 0 Å². The third-order valence-corrected chi connectivity index (χ3v) is 5.77. The van der Waals surface area contributed by atoms with Crippen molar-refractivity contribution in [2.75, 3.05) is 0 Å². The molecule has 1 fully saturated rings. The molecular weight excluding hydrogens is 298 g/mol. The number of esters is 1. The van der Waals surface area contributed by atoms with Crippen LogP contribution in [-0.2, 0) is 22.4 Å². The van der Waals surface area contributed by atoms with Gasteiger partial charge in [0.05, 0.1) is 0 Å². The Balaban J connectivity index is 1.52. The molecule has 1 aromatic rings. The van der Waals surface area contributed by atoms with Gasteiger partial charge in [-0.05, 0) is 50.7 Å². The Morgan fingerprint density at radius 3 is 2.73 bits per heavy atom. The maximum atomic E-state index is 12.2. The van der Waals surface area contributed by atoms with Crippen LogP contribution in [0.2, 0.25) is 0 Å². The molecule has 1 amide bonds. The van der Waals surface area contributed by atoms with Crippen LogP contribution >= 0.6 is 11.3 Å². The molecule has 5 heteroatoms. The molecule has 120 valence electrons. The molecule has 1 aromatic heterocycles. The molecule has 2 aliphatic rings. The van der Waals surface area contributed by atoms with Crippen LogP contribution in [0, 0.1) is 0 Å². The van der Waals surface area contributed by atoms with Gasteiger partial charge in [-0.15, -0.1) is 11.3 Å². The van der Waals surface area contributed by atoms with Crippen molar-refractivity contribution in [2.45, 2.75) is 70.4 Å². The van der Waals surface area contributed by atoms with Crippen LogP contribution in [0.1, 0.15) is 65.6 Å². The zero-order valence-electron chi connectivity index (χ0n) is 13.0. The molecule has 1 saturated carbocycles. The lowest BCUT2D eigenvalue weighted by Crippen LogP contribution is -2.42. The lowest BCUT2D eigenvalue weighted by atomic mass is 9.95. The van der Waals surface area contributed by atoms with Crippen LogP contribution in [-0.4, -0.2) is 24.0 Å². The topological polar surface area (TPSA) is 55.4 Å². The predicted octanol–water partition coefficient (Wildman–Crippen LogP) is 3.23. The number of fused-ring (bicyclic) bond motifs is 1. The molecule has 0 aromatic carbocycles. The van der Waals surface area contributed by atoms with Crippen molar-refractivity contribution >= 4 is 23.2 Å². The molecular formula is C17H23NO3S. The normalized spacial score (nSPS) is 19.5. The maximum absolute atomic E-state index is 12.2. The van der Waals surface area contributed by atoms with E-state index in [4.69, 9.17) is 4.74 Å². The fourth-order valence-corrected chi connectivity index (χ4v) is 4.40. The third-order valence-electron chi connectivity index (χ3n) is 4.55. The number of aryl methyl sites for hydroxylation is 2. The molecule has 1 N–H and O–H groups in total. The minimum Gasteiger partial charge on any atom is -0.448 e. The van der Waals surface area contributed by atoms with Crippen LogP contribution in [0.5, 0.6) is 0 Å². The van der Waals surface area contributed by atoms with E-state index < -0.39 is 6.10 Å². The minimum atomic E-state index is -0.730. The van der Waals surface area contributed by atoms with Crippen molar-refractivity contribution in [3.8, 4) is 0 Å². The minimum absolute atomic E-state index is 0.177. The van der Waals surface area contributed by atoms with E-state index in [1.165, 1.54) is 47.5 Å². The van der Waals surface area contributed by atoms with Gasteiger partial charge in [0.15, 0.2) is 6.10 Å². The summed E-state index contributed by atoms with van der Waals surface area (Å²) in [5.74, 6) is -0.546. The smallest absolute Gasteiger partial charge is 0.349 e. The molecule has 4 nitrogen and oxygen atoms in total. The van der Waals surface area contributed by atoms with Crippen molar-refractivity contribution in [3.05, 3.63) is 21.4 Å². The summed E-state index contributed by atoms with van der Waals surface area (Å²) in [4.78, 5) is 26.2. The highest BCUT2D eigenvalue weighted by Crippen LogP contribution is 2.31. The Hall–Kier alpha value is -1.36. The molecule has 3 rings (SSSR count). The Morgan fingerprint density at radius 1 is 1.23 bits per heavy atom. The monoisotopic (exact) mass is 321 g/mol. The molecule has 22 heavy (non-hydrogen) atoms. The first-order chi connectivity index (χ1) is 10.6. The summed E-state index contributed by atoms with van der Waals surface area (Å²) in [6.07, 6.45) is 8.21. The van der Waals surface area contributed by atoms with E-state index in [0.29, 0.717) is 4.88 Å². The fraction of sp³-hybridized carbons (Fsp3) is 0.647. The number of amides is 1. The summed E-state index contributed by atoms with van der Waals surface area (Å²) in [7, 11) is 0. The Kier molecular flexibility index (Phi) is 4.81. The summed E-state index contributed by atoms with van der Waals surface area (Å²) in [6.45, 7) is 1.65. The number of thiophene rings is 1. The molecule has 1 atom stereocenters. The van der Waals surface area contributed by atoms with E-state index in [1.807, 2.05) is 6.07 Å². The van der Waals surface area contributed by atoms with Crippen molar-refractivity contribution in [2.24, 2.45) is 0 Å². The van der Waals surface area contributed by atoms with Crippen molar-refractivity contribution in [1.82, 2.24) is 5.32 Å². The number of hydrogen-bond donors (Lipinski definition) is 1. The highest BCUT2D eigenvalue weighted by Gasteiger charge is 2.25. The Bertz CT molecular complexity index is 539. The lowest BCUT2D eigenvalue weighted by molar-refractivity contribution is -0.130. The fourth-order valence-electron chi connectivity index (χ4n) is 3.27. The van der Waals surface area contributed by atoms with Gasteiger partial charge in [0, 0.05) is 10.9 Å². The van der Waals surface area contributed by atoms with Crippen LogP contribution in [0.15, 0.2) is 6.07 Å². The molecule has 1 unspecified atom stereocenters. The number of ether oxygens (including phenoxy) is 1. The van der Waals surface area contributed by atoms with Crippen LogP contribution in [0.3, 0.4) is 0 Å². The molecule has 0 spiro atoms. The lowest BCUT2D eigenvalue weighted by Gasteiger charge is -2.24. The van der Waals surface area contributed by atoms with Crippen molar-refractivity contribution in [1.29, 1.82) is 0 Å². The second-order valence-electron chi connectivity index (χ2n) is 6.30. The van der Waals surface area contributed by atoms with E-state index in [-0.39, 0.29) is 17.9 Å². The van der Waals surface area contributed by atoms with Gasteiger partial charge in [0.1, 0.15) is 4.88 Å². The van der Waals surface area contributed by atoms with Gasteiger partial charge in [0.25, 0.3) is 5.91 Å². The van der Waals surface area contributed by atoms with Crippen molar-refractivity contribution < 1.29 is 14.3 Å². The first-order valence-corrected chi connectivity index (χ1v) is 9.08. The molecule has 1 heterocycles. The number of rotatable bonds is 4. The zero-order valence-corrected chi connectivity index (χ0v) is 13.8. The first-order valence-electron chi connectivity index (χ1n) is 8.26. The van der Waals surface area contributed by atoms with Gasteiger partial charge in [-0.1, -0.05) is 19.3 Å². The third kappa shape index (κ3) is 3.51. The van der Waals surface area contributed by atoms with Crippen LogP contribution in [0.4, 0.5) is 0 Å². The van der Waals surface area contributed by atoms with Crippen molar-refractivity contribution in [3.63, 3.8) is 0 Å². The van der Waals surface area contributed by atoms with E-state index in [0.717, 1.165) is 25.7 Å². The summed E-state index contributed by atoms with van der Waals surface area (Å²) in [5.41, 5.74) is 1.27. The predicted molar refractivity (Wildman–Crippen MR) is 86.2 cm³/mol. The Morgan fingerprint density at radius 2 is 2.00 bits per heavy atom. The van der Waals surface area contributed by atoms with Gasteiger partial charge in [-0.25, -0.2) is 4.79 Å². The standard InChI is InChI=1S/C17H23NO3S/c1-11(16(19)18-13-7-3-2-4-8-13)21-17(20)15-10-12-6-5-9-14(12)22-15/h10-11,13H,2-9H2,1H3,(H,18,19). The summed E-state index contributed by atoms with van der Waals surface area (Å²) >= 11 is 1.51. The first kappa shape index (κ1) is 15.5. The average molecular weight is 321 g/mol. The van der Waals surface area contributed by atoms with Gasteiger partial charge in [-0.2, -0.15) is 0 Å². The summed E-state index contributed by atoms with van der Waals surface area (Å²) in [6, 6.07) is 2.18. The second-order valence-corrected chi connectivity index (χ2v) is 7.44. The zero-order chi connectivity index (χ0) is 15.5. The SMILES string of the molecule is CC(OC(=O)c1cc2c(s1)CCC2)C(=O)NC1CCCCC1. The number of carbonyl (C=O) groups is 2. The molecule has 2 aliphatic carbocycles. The number of carbonyl (C=O) groups excluding carboxylic acids is 2. The van der Waals surface area contributed by atoms with E-state index in [2.05, 4.69) is 5.32 Å². The average Bonchev–Trinajstić information content (AvgIpc) is 3.09. The molecule has 0 radical (unpaired) electrons. The maximum Gasteiger partial charge on any atom is 0.349 e. The summed E-state index contributed by atoms with van der Waals surface area (Å²) < 4.78 is 5.34. The molecule has 0 aliphatic heterocycles. The largest absolute Gasteiger partial charge is 0.448 e. The van der Waals surface area contributed by atoms with Crippen LogP contribution in [0.25, 0.3) is 0 Å². The highest BCUT2D eigenvalue weighted by atomic mass is 32.1. The van der Waals surface area contributed by atoms with E-state index >= 15 is 0 Å². The number of hydrogen-bond acceptors (Lipinski definition) is 4. The van der Waals surface area contributed by atoms with Crippen LogP contribution < -0.4 is 5.32 Å². The van der Waals surface area contributed by atoms with E-state index in [9.17, 15) is 9.59 Å².